The topological polar surface area (TPSA) is 569 Å². The van der Waals surface area contributed by atoms with Gasteiger partial charge in [0.05, 0.1) is 57.4 Å². The second kappa shape index (κ2) is 64.7. The molecule has 2 aromatic rings. The molecule has 9 rings (SSSR count). The van der Waals surface area contributed by atoms with Crippen LogP contribution in [0, 0.1) is 7.43 Å². The van der Waals surface area contributed by atoms with Crippen LogP contribution < -0.4 is 51.2 Å². The number of aldehydes is 1. The molecule has 7 aliphatic heterocycles. The van der Waals surface area contributed by atoms with Crippen molar-refractivity contribution < 1.29 is 245 Å². The molecule has 0 spiro atoms. The smallest absolute Gasteiger partial charge is 0.793 e. The van der Waals surface area contributed by atoms with Gasteiger partial charge in [-0.2, -0.15) is 57.4 Å². The van der Waals surface area contributed by atoms with Gasteiger partial charge in [0.25, 0.3) is 0 Å². The predicted molar refractivity (Wildman–Crippen MR) is 497 cm³/mol. The number of hydrogen-bond donors (Lipinski definition) is 9. The number of aliphatic carboxylic acids is 5. The van der Waals surface area contributed by atoms with Crippen molar-refractivity contribution in [3.05, 3.63) is 79.2 Å². The van der Waals surface area contributed by atoms with Crippen molar-refractivity contribution in [1.82, 2.24) is 64.9 Å². The number of halogens is 11. The second-order valence-corrected chi connectivity index (χ2v) is 36.0. The Hall–Kier alpha value is -10.5. The van der Waals surface area contributed by atoms with Gasteiger partial charge < -0.3 is 145 Å². The number of nitrogens with zero attached hydrogens (tertiary/aromatic N) is 10. The molecule has 45 nitrogen and oxygen atoms in total. The van der Waals surface area contributed by atoms with Crippen molar-refractivity contribution >= 4 is 137 Å². The third-order valence-corrected chi connectivity index (χ3v) is 19.3. The summed E-state index contributed by atoms with van der Waals surface area (Å²) in [6.07, 6.45) is 0.0508. The summed E-state index contributed by atoms with van der Waals surface area (Å²) in [5, 5.41) is 49.2. The number of alkyl halides is 10. The molecule has 0 bridgehead atoms. The summed E-state index contributed by atoms with van der Waals surface area (Å²) in [7, 11) is 4.32. The van der Waals surface area contributed by atoms with E-state index < -0.39 is 199 Å². The molecule has 0 aromatic heterocycles. The summed E-state index contributed by atoms with van der Waals surface area (Å²) in [5.74, 6) is -32.2. The number of piperidine rings is 1. The van der Waals surface area contributed by atoms with Crippen molar-refractivity contribution in [1.29, 1.82) is 0 Å². The van der Waals surface area contributed by atoms with Crippen LogP contribution in [0.3, 0.4) is 0 Å². The van der Waals surface area contributed by atoms with E-state index in [1.165, 1.54) is 41.2 Å². The van der Waals surface area contributed by atoms with Crippen LogP contribution in [0.2, 0.25) is 0 Å². The van der Waals surface area contributed by atoms with Crippen molar-refractivity contribution in [3.8, 4) is 0 Å². The van der Waals surface area contributed by atoms with Crippen LogP contribution in [0.25, 0.3) is 0 Å². The zero-order valence-electron chi connectivity index (χ0n) is 83.8. The van der Waals surface area contributed by atoms with E-state index in [4.69, 9.17) is 54.0 Å². The van der Waals surface area contributed by atoms with Crippen molar-refractivity contribution in [3.63, 3.8) is 0 Å². The van der Waals surface area contributed by atoms with Gasteiger partial charge in [0, 0.05) is 153 Å². The zero-order chi connectivity index (χ0) is 108. The number of carboxylic acid groups (broad SMARTS) is 5. The molecule has 60 heteroatoms. The van der Waals surface area contributed by atoms with Crippen molar-refractivity contribution in [2.75, 3.05) is 144 Å². The van der Waals surface area contributed by atoms with Gasteiger partial charge in [-0.15, -0.1) is 12.4 Å². The van der Waals surface area contributed by atoms with E-state index in [0.29, 0.717) is 39.0 Å². The number of amides is 10. The fraction of sp³-hybridized carbons (Fsp3) is 0.651. The van der Waals surface area contributed by atoms with Crippen LogP contribution in [-0.2, 0) is 120 Å². The fourth-order valence-electron chi connectivity index (χ4n) is 12.7. The molecule has 3 radical (unpaired) electrons. The first-order valence-electron chi connectivity index (χ1n) is 43.5. The molecule has 10 N–H and O–H groups in total. The maximum absolute atomic E-state index is 13.4. The Morgan fingerprint density at radius 3 is 1.15 bits per heavy atom. The van der Waals surface area contributed by atoms with E-state index in [2.05, 4.69) is 44.2 Å². The van der Waals surface area contributed by atoms with E-state index in [0.717, 1.165) is 54.0 Å². The number of carboxylic acids is 5. The Balaban J connectivity index is -0.000000543. The summed E-state index contributed by atoms with van der Waals surface area (Å²) >= 11 is 0. The van der Waals surface area contributed by atoms with Gasteiger partial charge in [0.1, 0.15) is 47.9 Å². The number of carbonyl (C=O) groups excluding carboxylic acids is 12. The molecule has 7 aliphatic rings. The number of ether oxygens (including phenoxy) is 6. The van der Waals surface area contributed by atoms with E-state index in [1.54, 1.807) is 112 Å². The summed E-state index contributed by atoms with van der Waals surface area (Å²) in [6.45, 7) is 22.7. The van der Waals surface area contributed by atoms with Crippen LogP contribution in [-0.4, -0.2) is 411 Å². The van der Waals surface area contributed by atoms with Gasteiger partial charge >= 0.3 is 150 Å². The number of piperazine rings is 4. The van der Waals surface area contributed by atoms with Crippen LogP contribution >= 0.6 is 25.9 Å². The van der Waals surface area contributed by atoms with Crippen molar-refractivity contribution in [2.24, 2.45) is 5.73 Å². The first-order valence-corrected chi connectivity index (χ1v) is 43.5. The van der Waals surface area contributed by atoms with Crippen LogP contribution in [0.4, 0.5) is 82.3 Å². The average Bonchev–Trinajstić information content (AvgIpc) is 1.65. The standard InChI is InChI=1S/C21H29F2N3O6.C18H24N2O5.C14H21F2N3O5.C13H23F2N3O4.C10H14F2N2O3.C4H6O4.C3H5F2NO2.C2H3BO2.CH3.ClH.Na.Pd.H2S.H2/c1-20(2,3)32-18(29)25-9-10-26(19(30)31-13-15-7-5-4-6-8-15)16(12-25)11-24-14-21(22,23)17(27)28;1-18(2,3)25-16(22)19-9-10-20(15(11-19)12-21)17(23)24-13-14-7-5-4-6-8-14;1-13(2,3)24-12(23)17-4-5-19-9(6-17)7-18(11(19)22)8-14(15,16)10(20)21;1-12(2,3)22-11(21)18-5-4-17-9(7-18)6-16-8-13(14,15)10(19)20;11-10(12,8(15)16)6-13-5-7-3-1-2-4-14(7)9(13)17;1-3(5)7-8-4(2)6;4-3(5,1-6)2(7)8;1-2(4)5-3;;;;;;/h4-8,16,24H,9-14H2,1-3H3,(H,27,28);4-8,12,15H,9-11,13H2,1-3H3;9H,4-8H2,1-3H3,(H,20,21);9,16-17H,4-8H2,1-3H3,(H,19,20);7H,1-6H2,(H,15,16);1-2H3;1,6H2,(H,7,8);1H3;1H3;1H;;;1H2;1H/q;;;;;;;2*-1;;+1;;;/t16-;15-;2*9-;7-;;;;;;;;;/m10010........./s1. The molecule has 2 aromatic carbocycles. The minimum Gasteiger partial charge on any atom is -0.793 e. The monoisotopic (exact) mass is 2250 g/mol. The molecule has 831 valence electrons. The third-order valence-electron chi connectivity index (χ3n) is 19.3. The number of nitrogens with two attached hydrogens (primary N) is 1. The number of carbonyl (C=O) groups is 17. The molecule has 7 fully saturated rings. The molecular weight excluding hydrogens is 2120 g/mol. The SMILES string of the molecule is CC(=O)OOC(C)=O.CC(C)(C)OC(=O)N1CCN(C(=O)OCc2ccccc2)[C@H](C=O)C1.CC(C)(C)OC(=O)N1CCN(C(=O)OCc2ccccc2)[C@H](CNCC(F)(F)C(=O)O)C1.CC(C)(C)OC(=O)N1CCN2C(=O)N(CC(F)(F)C(=O)O)C[C@@H]2C1.CC(C)(C)OC(=O)N1CCN[C@H](CNCC(F)(F)C(=O)O)C1.Cl.NCC(F)(F)C(=O)O.O=C1N(CC(F)(F)C(=O)O)C[C@@H]2CCCCN12.S.[B-]OC(C)=O.[CH3-].[HH].[Na+].[Pd]. The van der Waals surface area contributed by atoms with Gasteiger partial charge in [0.15, 0.2) is 0 Å². The minimum absolute atomic E-state index is 0. The first kappa shape index (κ1) is 142. The van der Waals surface area contributed by atoms with Gasteiger partial charge in [-0.05, 0) is 113 Å². The molecule has 146 heavy (non-hydrogen) atoms. The Morgan fingerprint density at radius 2 is 0.801 bits per heavy atom. The molecule has 0 saturated carbocycles. The fourth-order valence-corrected chi connectivity index (χ4v) is 12.7. The van der Waals surface area contributed by atoms with E-state index in [-0.39, 0.29) is 189 Å². The largest absolute Gasteiger partial charge is 1.00 e. The minimum atomic E-state index is -4.00. The summed E-state index contributed by atoms with van der Waals surface area (Å²) in [5.41, 5.74) is 3.44. The molecule has 0 unspecified atom stereocenters. The molecule has 5 atom stereocenters. The number of hydrogen-bond acceptors (Lipinski definition) is 30. The van der Waals surface area contributed by atoms with Crippen molar-refractivity contribution in [2.45, 2.75) is 219 Å². The van der Waals surface area contributed by atoms with Gasteiger partial charge in [-0.1, -0.05) is 60.7 Å². The van der Waals surface area contributed by atoms with E-state index in [9.17, 15) is 125 Å². The molecule has 0 aliphatic carbocycles. The Bertz CT molecular complexity index is 4520. The summed E-state index contributed by atoms with van der Waals surface area (Å²) in [6, 6.07) is 15.0. The van der Waals surface area contributed by atoms with E-state index in [1.807, 2.05) is 36.4 Å². The maximum Gasteiger partial charge on any atom is 1.00 e. The normalized spacial score (nSPS) is 17.6. The zero-order valence-corrected chi connectivity index (χ0v) is 89.2. The number of rotatable bonds is 23. The van der Waals surface area contributed by atoms with E-state index >= 15 is 0 Å². The maximum atomic E-state index is 13.4. The number of benzene rings is 2. The van der Waals surface area contributed by atoms with Crippen LogP contribution in [0.5, 0.6) is 0 Å². The number of urea groups is 2. The summed E-state index contributed by atoms with van der Waals surface area (Å²) in [4.78, 5) is 210. The number of nitrogens with one attached hydrogen (secondary N) is 3. The Morgan fingerprint density at radius 1 is 0.459 bits per heavy atom. The summed E-state index contributed by atoms with van der Waals surface area (Å²) < 4.78 is 164. The quantitative estimate of drug-likeness (QED) is 0.0133. The second-order valence-electron chi connectivity index (χ2n) is 36.0. The first-order chi connectivity index (χ1) is 64.9. The third kappa shape index (κ3) is 53.4. The Kier molecular flexibility index (Phi) is 62.9. The molecule has 10 amide bonds. The predicted octanol–water partition coefficient (Wildman–Crippen LogP) is 5.12. The molecule has 7 heterocycles. The van der Waals surface area contributed by atoms with Gasteiger partial charge in [0.2, 0.25) is 5.97 Å². The average molecular weight is 2260 g/mol. The van der Waals surface area contributed by atoms with Gasteiger partial charge in [-0.25, -0.2) is 81.7 Å². The van der Waals surface area contributed by atoms with Gasteiger partial charge in [-0.3, -0.25) is 9.69 Å². The Labute approximate surface area is 889 Å². The molecular formula is C86H133BClF10N14NaO31PdS-. The van der Waals surface area contributed by atoms with Crippen LogP contribution in [0.15, 0.2) is 60.7 Å². The molecule has 7 saturated heterocycles. The van der Waals surface area contributed by atoms with Crippen LogP contribution in [0.1, 0.15) is 136 Å². The number of fused-ring (bicyclic) bond motifs is 2.